The third-order valence-corrected chi connectivity index (χ3v) is 2.78. The van der Waals surface area contributed by atoms with E-state index in [1.165, 1.54) is 6.07 Å². The summed E-state index contributed by atoms with van der Waals surface area (Å²) in [5.74, 6) is 0.688. The summed E-state index contributed by atoms with van der Waals surface area (Å²) in [7, 11) is 1.83. The summed E-state index contributed by atoms with van der Waals surface area (Å²) in [4.78, 5) is 4.19. The maximum atomic E-state index is 12.3. The second-order valence-corrected chi connectivity index (χ2v) is 4.28. The standard InChI is InChI=1S/C13H15F2N3O2/c1-8(16-2)7-11-17-12(20-18-11)9-5-3-4-6-10(9)19-13(14)15/h3-6,8,13,16H,7H2,1-2H3. The van der Waals surface area contributed by atoms with Gasteiger partial charge in [0.05, 0.1) is 5.56 Å². The molecule has 1 N–H and O–H groups in total. The van der Waals surface area contributed by atoms with Gasteiger partial charge in [-0.05, 0) is 26.1 Å². The van der Waals surface area contributed by atoms with E-state index in [-0.39, 0.29) is 17.7 Å². The van der Waals surface area contributed by atoms with Crippen molar-refractivity contribution in [3.8, 4) is 17.2 Å². The van der Waals surface area contributed by atoms with Crippen molar-refractivity contribution in [3.05, 3.63) is 30.1 Å². The van der Waals surface area contributed by atoms with Gasteiger partial charge in [-0.2, -0.15) is 13.8 Å². The lowest BCUT2D eigenvalue weighted by Gasteiger charge is -2.07. The number of hydrogen-bond acceptors (Lipinski definition) is 5. The summed E-state index contributed by atoms with van der Waals surface area (Å²) in [5.41, 5.74) is 0.351. The molecule has 0 saturated heterocycles. The number of hydrogen-bond donors (Lipinski definition) is 1. The lowest BCUT2D eigenvalue weighted by atomic mass is 10.2. The van der Waals surface area contributed by atoms with Crippen molar-refractivity contribution < 1.29 is 18.0 Å². The first kappa shape index (κ1) is 14.4. The summed E-state index contributed by atoms with van der Waals surface area (Å²) in [6.07, 6.45) is 0.581. The van der Waals surface area contributed by atoms with Crippen molar-refractivity contribution in [1.82, 2.24) is 15.5 Å². The largest absolute Gasteiger partial charge is 0.434 e. The van der Waals surface area contributed by atoms with Gasteiger partial charge in [-0.15, -0.1) is 0 Å². The van der Waals surface area contributed by atoms with Crippen LogP contribution in [0.15, 0.2) is 28.8 Å². The van der Waals surface area contributed by atoms with E-state index in [0.717, 1.165) is 0 Å². The molecule has 0 saturated carbocycles. The molecule has 1 atom stereocenters. The zero-order valence-corrected chi connectivity index (χ0v) is 11.1. The molecule has 0 aliphatic carbocycles. The Morgan fingerprint density at radius 3 is 2.80 bits per heavy atom. The van der Waals surface area contributed by atoms with Gasteiger partial charge in [0.1, 0.15) is 5.75 Å². The Hall–Kier alpha value is -2.02. The van der Waals surface area contributed by atoms with Crippen LogP contribution in [0.1, 0.15) is 12.7 Å². The predicted octanol–water partition coefficient (Wildman–Crippen LogP) is 2.49. The lowest BCUT2D eigenvalue weighted by Crippen LogP contribution is -2.24. The van der Waals surface area contributed by atoms with Gasteiger partial charge in [0.15, 0.2) is 5.82 Å². The molecule has 0 amide bonds. The van der Waals surface area contributed by atoms with E-state index in [2.05, 4.69) is 20.2 Å². The molecule has 1 unspecified atom stereocenters. The number of rotatable bonds is 6. The number of nitrogens with zero attached hydrogens (tertiary/aromatic N) is 2. The third kappa shape index (κ3) is 3.51. The molecule has 0 fully saturated rings. The van der Waals surface area contributed by atoms with Crippen molar-refractivity contribution in [3.63, 3.8) is 0 Å². The lowest BCUT2D eigenvalue weighted by molar-refractivity contribution is -0.0495. The fraction of sp³-hybridized carbons (Fsp3) is 0.385. The predicted molar refractivity (Wildman–Crippen MR) is 68.6 cm³/mol. The van der Waals surface area contributed by atoms with Gasteiger partial charge in [-0.25, -0.2) is 0 Å². The van der Waals surface area contributed by atoms with Gasteiger partial charge in [0, 0.05) is 12.5 Å². The second-order valence-electron chi connectivity index (χ2n) is 4.28. The molecule has 1 aromatic carbocycles. The van der Waals surface area contributed by atoms with Crippen LogP contribution >= 0.6 is 0 Å². The van der Waals surface area contributed by atoms with Crippen LogP contribution in [0.25, 0.3) is 11.5 Å². The second kappa shape index (κ2) is 6.42. The van der Waals surface area contributed by atoms with E-state index in [4.69, 9.17) is 4.52 Å². The highest BCUT2D eigenvalue weighted by atomic mass is 19.3. The number of nitrogens with one attached hydrogen (secondary N) is 1. The van der Waals surface area contributed by atoms with Crippen molar-refractivity contribution >= 4 is 0 Å². The number of para-hydroxylation sites is 1. The Morgan fingerprint density at radius 1 is 1.35 bits per heavy atom. The van der Waals surface area contributed by atoms with Gasteiger partial charge >= 0.3 is 6.61 Å². The Balaban J connectivity index is 2.23. The highest BCUT2D eigenvalue weighted by molar-refractivity contribution is 5.62. The maximum absolute atomic E-state index is 12.3. The number of aromatic nitrogens is 2. The fourth-order valence-corrected chi connectivity index (χ4v) is 1.66. The Kier molecular flexibility index (Phi) is 4.62. The summed E-state index contributed by atoms with van der Waals surface area (Å²) in [6.45, 7) is -0.924. The quantitative estimate of drug-likeness (QED) is 0.882. The molecule has 1 aromatic heterocycles. The fourth-order valence-electron chi connectivity index (χ4n) is 1.66. The maximum Gasteiger partial charge on any atom is 0.387 e. The summed E-state index contributed by atoms with van der Waals surface area (Å²) in [6, 6.07) is 6.50. The first-order valence-electron chi connectivity index (χ1n) is 6.14. The van der Waals surface area contributed by atoms with E-state index in [9.17, 15) is 8.78 Å². The van der Waals surface area contributed by atoms with Gasteiger partial charge in [-0.3, -0.25) is 0 Å². The molecule has 20 heavy (non-hydrogen) atoms. The van der Waals surface area contributed by atoms with Gasteiger partial charge in [0.2, 0.25) is 0 Å². The van der Waals surface area contributed by atoms with Gasteiger partial charge in [0.25, 0.3) is 5.89 Å². The monoisotopic (exact) mass is 283 g/mol. The number of ether oxygens (including phenoxy) is 1. The minimum atomic E-state index is -2.90. The smallest absolute Gasteiger partial charge is 0.387 e. The Bertz CT molecular complexity index is 560. The highest BCUT2D eigenvalue weighted by Gasteiger charge is 2.16. The van der Waals surface area contributed by atoms with Gasteiger partial charge < -0.3 is 14.6 Å². The summed E-state index contributed by atoms with van der Waals surface area (Å²) < 4.78 is 34.2. The molecule has 7 heteroatoms. The molecule has 0 aliphatic rings. The molecular weight excluding hydrogens is 268 g/mol. The van der Waals surface area contributed by atoms with Crippen molar-refractivity contribution in [2.24, 2.45) is 0 Å². The number of alkyl halides is 2. The van der Waals surface area contributed by atoms with E-state index in [1.54, 1.807) is 18.2 Å². The molecule has 0 spiro atoms. The third-order valence-electron chi connectivity index (χ3n) is 2.78. The zero-order chi connectivity index (χ0) is 14.5. The molecule has 2 rings (SSSR count). The molecule has 0 radical (unpaired) electrons. The first-order valence-corrected chi connectivity index (χ1v) is 6.14. The Labute approximate surface area is 114 Å². The van der Waals surface area contributed by atoms with Crippen molar-refractivity contribution in [2.75, 3.05) is 7.05 Å². The summed E-state index contributed by atoms with van der Waals surface area (Å²) >= 11 is 0. The van der Waals surface area contributed by atoms with Crippen LogP contribution in [0.3, 0.4) is 0 Å². The number of halogens is 2. The highest BCUT2D eigenvalue weighted by Crippen LogP contribution is 2.29. The van der Waals surface area contributed by atoms with Crippen LogP contribution in [0, 0.1) is 0 Å². The average molecular weight is 283 g/mol. The molecule has 1 heterocycles. The van der Waals surface area contributed by atoms with Crippen LogP contribution < -0.4 is 10.1 Å². The van der Waals surface area contributed by atoms with E-state index >= 15 is 0 Å². The topological polar surface area (TPSA) is 60.2 Å². The molecule has 5 nitrogen and oxygen atoms in total. The SMILES string of the molecule is CNC(C)Cc1noc(-c2ccccc2OC(F)F)n1. The normalized spacial score (nSPS) is 12.7. The number of benzene rings is 1. The van der Waals surface area contributed by atoms with Gasteiger partial charge in [-0.1, -0.05) is 17.3 Å². The van der Waals surface area contributed by atoms with E-state index < -0.39 is 6.61 Å². The van der Waals surface area contributed by atoms with Crippen LogP contribution in [-0.4, -0.2) is 29.8 Å². The van der Waals surface area contributed by atoms with Crippen LogP contribution in [-0.2, 0) is 6.42 Å². The zero-order valence-electron chi connectivity index (χ0n) is 11.1. The molecule has 0 aliphatic heterocycles. The van der Waals surface area contributed by atoms with Crippen LogP contribution in [0.2, 0.25) is 0 Å². The van der Waals surface area contributed by atoms with Crippen LogP contribution in [0.4, 0.5) is 8.78 Å². The Morgan fingerprint density at radius 2 is 2.10 bits per heavy atom. The van der Waals surface area contributed by atoms with Crippen LogP contribution in [0.5, 0.6) is 5.75 Å². The van der Waals surface area contributed by atoms with E-state index in [1.807, 2.05) is 14.0 Å². The minimum absolute atomic E-state index is 0.0133. The average Bonchev–Trinajstić information content (AvgIpc) is 2.87. The van der Waals surface area contributed by atoms with E-state index in [0.29, 0.717) is 17.8 Å². The molecule has 108 valence electrons. The first-order chi connectivity index (χ1) is 9.60. The van der Waals surface area contributed by atoms with Crippen molar-refractivity contribution in [1.29, 1.82) is 0 Å². The summed E-state index contributed by atoms with van der Waals surface area (Å²) in [5, 5.41) is 6.89. The molecule has 0 bridgehead atoms. The van der Waals surface area contributed by atoms with Crippen molar-refractivity contribution in [2.45, 2.75) is 26.0 Å². The molecule has 2 aromatic rings. The molecular formula is C13H15F2N3O2. The minimum Gasteiger partial charge on any atom is -0.434 e. The number of likely N-dealkylation sites (N-methyl/N-ethyl adjacent to an activating group) is 1.